The van der Waals surface area contributed by atoms with Crippen LogP contribution in [0.15, 0.2) is 12.7 Å². The van der Waals surface area contributed by atoms with E-state index in [9.17, 15) is 4.79 Å². The van der Waals surface area contributed by atoms with Gasteiger partial charge in [-0.15, -0.1) is 0 Å². The third-order valence-corrected chi connectivity index (χ3v) is 6.35. The van der Waals surface area contributed by atoms with Gasteiger partial charge in [0, 0.05) is 20.3 Å². The van der Waals surface area contributed by atoms with E-state index < -0.39 is 14.5 Å². The number of ether oxygens (including phenoxy) is 1. The number of hydrogen-bond donors (Lipinski definition) is 0. The molecule has 0 aliphatic carbocycles. The Kier molecular flexibility index (Phi) is 6.47. The molecule has 0 N–H and O–H groups in total. The van der Waals surface area contributed by atoms with Crippen LogP contribution >= 0.6 is 0 Å². The summed E-state index contributed by atoms with van der Waals surface area (Å²) in [6.07, 6.45) is 1.84. The van der Waals surface area contributed by atoms with Crippen molar-refractivity contribution in [1.82, 2.24) is 0 Å². The van der Waals surface area contributed by atoms with Crippen molar-refractivity contribution < 1.29 is 18.4 Å². The van der Waals surface area contributed by atoms with Crippen LogP contribution < -0.4 is 0 Å². The maximum Gasteiger partial charge on any atom is 0.379 e. The van der Waals surface area contributed by atoms with Crippen molar-refractivity contribution in [2.24, 2.45) is 0 Å². The summed E-state index contributed by atoms with van der Waals surface area (Å²) in [5.41, 5.74) is -0.289. The van der Waals surface area contributed by atoms with Gasteiger partial charge in [-0.2, -0.15) is 0 Å². The summed E-state index contributed by atoms with van der Waals surface area (Å²) in [5.74, 6) is -0.429. The Morgan fingerprint density at radius 1 is 1.40 bits per heavy atom. The van der Waals surface area contributed by atoms with E-state index in [1.807, 2.05) is 13.8 Å². The van der Waals surface area contributed by atoms with Crippen LogP contribution in [-0.2, 0) is 18.4 Å². The summed E-state index contributed by atoms with van der Waals surface area (Å²) in [7, 11) is 0.785. The van der Waals surface area contributed by atoms with Crippen LogP contribution in [0.3, 0.4) is 0 Å². The van der Waals surface area contributed by atoms with Crippen molar-refractivity contribution in [3.05, 3.63) is 12.7 Å². The molecule has 0 rings (SSSR count). The Morgan fingerprint density at radius 2 is 1.93 bits per heavy atom. The van der Waals surface area contributed by atoms with Crippen molar-refractivity contribution >= 4 is 14.5 Å². The molecule has 15 heavy (non-hydrogen) atoms. The molecule has 88 valence electrons. The average molecular weight is 232 g/mol. The SMILES string of the molecule is C=CC(=O)OC(CC)[Si](CC)(OC)OC. The van der Waals surface area contributed by atoms with Gasteiger partial charge in [-0.05, 0) is 12.5 Å². The van der Waals surface area contributed by atoms with Crippen molar-refractivity contribution in [3.63, 3.8) is 0 Å². The summed E-state index contributed by atoms with van der Waals surface area (Å²) in [4.78, 5) is 11.1. The summed E-state index contributed by atoms with van der Waals surface area (Å²) in [5, 5.41) is 0. The van der Waals surface area contributed by atoms with Crippen molar-refractivity contribution in [3.8, 4) is 0 Å². The Bertz CT molecular complexity index is 205. The fraction of sp³-hybridized carbons (Fsp3) is 0.700. The highest BCUT2D eigenvalue weighted by Crippen LogP contribution is 2.21. The zero-order valence-electron chi connectivity index (χ0n) is 9.91. The first-order chi connectivity index (χ1) is 7.10. The quantitative estimate of drug-likeness (QED) is 0.381. The van der Waals surface area contributed by atoms with E-state index in [0.717, 1.165) is 12.1 Å². The molecular formula is C10H20O4Si. The molecule has 0 radical (unpaired) electrons. The van der Waals surface area contributed by atoms with E-state index >= 15 is 0 Å². The van der Waals surface area contributed by atoms with Gasteiger partial charge < -0.3 is 13.6 Å². The Hall–Kier alpha value is -0.653. The van der Waals surface area contributed by atoms with Gasteiger partial charge in [-0.1, -0.05) is 20.4 Å². The van der Waals surface area contributed by atoms with Gasteiger partial charge in [0.2, 0.25) is 0 Å². The fourth-order valence-corrected chi connectivity index (χ4v) is 4.18. The number of esters is 1. The highest BCUT2D eigenvalue weighted by molar-refractivity contribution is 6.68. The molecule has 0 amide bonds. The second kappa shape index (κ2) is 6.76. The first-order valence-corrected chi connectivity index (χ1v) is 7.13. The predicted octanol–water partition coefficient (Wildman–Crippen LogP) is 1.79. The summed E-state index contributed by atoms with van der Waals surface area (Å²) in [6, 6.07) is 0.739. The minimum absolute atomic E-state index is 0.289. The topological polar surface area (TPSA) is 44.8 Å². The molecule has 1 unspecified atom stereocenters. The van der Waals surface area contributed by atoms with Crippen LogP contribution in [0.1, 0.15) is 20.3 Å². The van der Waals surface area contributed by atoms with E-state index in [2.05, 4.69) is 6.58 Å². The van der Waals surface area contributed by atoms with Crippen LogP contribution in [0.2, 0.25) is 6.04 Å². The molecule has 4 nitrogen and oxygen atoms in total. The molecule has 0 aromatic heterocycles. The van der Waals surface area contributed by atoms with E-state index in [-0.39, 0.29) is 5.73 Å². The first-order valence-electron chi connectivity index (χ1n) is 5.03. The first kappa shape index (κ1) is 14.3. The van der Waals surface area contributed by atoms with Crippen LogP contribution in [0, 0.1) is 0 Å². The van der Waals surface area contributed by atoms with Gasteiger partial charge in [0.1, 0.15) is 5.73 Å². The minimum Gasteiger partial charge on any atom is -0.457 e. The average Bonchev–Trinajstić information content (AvgIpc) is 2.29. The predicted molar refractivity (Wildman–Crippen MR) is 60.6 cm³/mol. The van der Waals surface area contributed by atoms with E-state index in [0.29, 0.717) is 6.42 Å². The third-order valence-electron chi connectivity index (χ3n) is 2.47. The van der Waals surface area contributed by atoms with Crippen molar-refractivity contribution in [2.45, 2.75) is 32.0 Å². The number of hydrogen-bond acceptors (Lipinski definition) is 4. The fourth-order valence-electron chi connectivity index (χ4n) is 1.54. The standard InChI is InChI=1S/C10H20O4Si/c1-6-9(11)14-10(7-2)15(8-3,12-4)13-5/h6,10H,1,7-8H2,2-5H3. The van der Waals surface area contributed by atoms with Crippen LogP contribution in [-0.4, -0.2) is 34.5 Å². The zero-order chi connectivity index (χ0) is 11.9. The molecule has 0 saturated carbocycles. The molecule has 0 aliphatic heterocycles. The summed E-state index contributed by atoms with van der Waals surface area (Å²) < 4.78 is 16.1. The second-order valence-electron chi connectivity index (χ2n) is 3.11. The van der Waals surface area contributed by atoms with E-state index in [4.69, 9.17) is 13.6 Å². The zero-order valence-corrected chi connectivity index (χ0v) is 10.9. The third kappa shape index (κ3) is 3.44. The molecule has 0 heterocycles. The van der Waals surface area contributed by atoms with Gasteiger partial charge in [-0.25, -0.2) is 4.79 Å². The molecule has 0 saturated heterocycles. The van der Waals surface area contributed by atoms with E-state index in [1.54, 1.807) is 14.2 Å². The van der Waals surface area contributed by atoms with Gasteiger partial charge in [0.05, 0.1) is 0 Å². The molecule has 1 atom stereocenters. The monoisotopic (exact) mass is 232 g/mol. The van der Waals surface area contributed by atoms with Gasteiger partial charge in [0.25, 0.3) is 0 Å². The summed E-state index contributed by atoms with van der Waals surface area (Å²) in [6.45, 7) is 7.28. The lowest BCUT2D eigenvalue weighted by Gasteiger charge is -2.32. The van der Waals surface area contributed by atoms with Gasteiger partial charge in [0.15, 0.2) is 0 Å². The highest BCUT2D eigenvalue weighted by Gasteiger charge is 2.44. The number of carbonyl (C=O) groups excluding carboxylic acids is 1. The molecule has 0 aromatic rings. The Balaban J connectivity index is 4.73. The molecule has 0 fully saturated rings. The van der Waals surface area contributed by atoms with Crippen molar-refractivity contribution in [2.75, 3.05) is 14.2 Å². The van der Waals surface area contributed by atoms with Crippen LogP contribution in [0.25, 0.3) is 0 Å². The molecular weight excluding hydrogens is 212 g/mol. The number of carbonyl (C=O) groups is 1. The molecule has 0 bridgehead atoms. The van der Waals surface area contributed by atoms with Gasteiger partial charge >= 0.3 is 14.5 Å². The summed E-state index contributed by atoms with van der Waals surface area (Å²) >= 11 is 0. The lowest BCUT2D eigenvalue weighted by Crippen LogP contribution is -2.53. The molecule has 0 aromatic carbocycles. The molecule has 5 heteroatoms. The maximum atomic E-state index is 11.1. The Morgan fingerprint density at radius 3 is 2.20 bits per heavy atom. The molecule has 0 aliphatic rings. The lowest BCUT2D eigenvalue weighted by molar-refractivity contribution is -0.141. The largest absolute Gasteiger partial charge is 0.457 e. The lowest BCUT2D eigenvalue weighted by atomic mass is 10.5. The van der Waals surface area contributed by atoms with Crippen LogP contribution in [0.4, 0.5) is 0 Å². The normalized spacial score (nSPS) is 13.3. The Labute approximate surface area is 92.5 Å². The number of rotatable bonds is 7. The highest BCUT2D eigenvalue weighted by atomic mass is 28.4. The van der Waals surface area contributed by atoms with E-state index in [1.165, 1.54) is 0 Å². The minimum atomic E-state index is -2.42. The van der Waals surface area contributed by atoms with Crippen molar-refractivity contribution in [1.29, 1.82) is 0 Å². The maximum absolute atomic E-state index is 11.1. The smallest absolute Gasteiger partial charge is 0.379 e. The molecule has 0 spiro atoms. The second-order valence-corrected chi connectivity index (χ2v) is 6.90. The van der Waals surface area contributed by atoms with Gasteiger partial charge in [-0.3, -0.25) is 0 Å². The van der Waals surface area contributed by atoms with Crippen LogP contribution in [0.5, 0.6) is 0 Å².